The van der Waals surface area contributed by atoms with Crippen LogP contribution in [0.4, 0.5) is 13.2 Å². The van der Waals surface area contributed by atoms with Crippen LogP contribution in [0.2, 0.25) is 0 Å². The lowest BCUT2D eigenvalue weighted by Crippen LogP contribution is -2.48. The molecule has 2 rings (SSSR count). The summed E-state index contributed by atoms with van der Waals surface area (Å²) in [5.41, 5.74) is -1.32. The molecule has 1 heterocycles. The monoisotopic (exact) mass is 309 g/mol. The van der Waals surface area contributed by atoms with Crippen molar-refractivity contribution in [3.8, 4) is 0 Å². The Morgan fingerprint density at radius 2 is 1.80 bits per heavy atom. The zero-order valence-corrected chi connectivity index (χ0v) is 12.5. The molecule has 2 nitrogen and oxygen atoms in total. The highest BCUT2D eigenvalue weighted by atomic mass is 35.5. The molecule has 1 unspecified atom stereocenters. The number of hydrogen-bond acceptors (Lipinski definition) is 2. The van der Waals surface area contributed by atoms with Gasteiger partial charge in [-0.1, -0.05) is 18.2 Å². The largest absolute Gasteiger partial charge is 0.416 e. The van der Waals surface area contributed by atoms with Crippen LogP contribution in [0.25, 0.3) is 0 Å². The number of alkyl halides is 3. The van der Waals surface area contributed by atoms with Crippen molar-refractivity contribution >= 4 is 12.4 Å². The van der Waals surface area contributed by atoms with Crippen LogP contribution in [0.15, 0.2) is 24.3 Å². The molecule has 0 saturated carbocycles. The van der Waals surface area contributed by atoms with E-state index < -0.39 is 17.5 Å². The predicted molar refractivity (Wildman–Crippen MR) is 74.0 cm³/mol. The van der Waals surface area contributed by atoms with Crippen molar-refractivity contribution in [1.29, 1.82) is 0 Å². The third kappa shape index (κ3) is 3.87. The van der Waals surface area contributed by atoms with E-state index in [0.29, 0.717) is 6.61 Å². The molecule has 114 valence electrons. The van der Waals surface area contributed by atoms with Crippen molar-refractivity contribution < 1.29 is 17.9 Å². The molecule has 0 spiro atoms. The van der Waals surface area contributed by atoms with Gasteiger partial charge in [0.25, 0.3) is 0 Å². The molecule has 1 aliphatic heterocycles. The fourth-order valence-corrected chi connectivity index (χ4v) is 2.54. The minimum Gasteiger partial charge on any atom is -0.359 e. The maximum absolute atomic E-state index is 12.9. The van der Waals surface area contributed by atoms with Gasteiger partial charge in [0, 0.05) is 12.0 Å². The fourth-order valence-electron chi connectivity index (χ4n) is 2.54. The SMILES string of the molecule is CC1(C)COC(C)(Cc2ccccc2C(F)(F)F)N1.Cl. The number of hydrogen-bond donors (Lipinski definition) is 1. The van der Waals surface area contributed by atoms with Gasteiger partial charge >= 0.3 is 6.18 Å². The first-order valence-electron chi connectivity index (χ1n) is 6.20. The van der Waals surface area contributed by atoms with E-state index in [1.54, 1.807) is 13.0 Å². The molecule has 1 N–H and O–H groups in total. The molecule has 1 fully saturated rings. The van der Waals surface area contributed by atoms with Gasteiger partial charge in [0.1, 0.15) is 5.72 Å². The van der Waals surface area contributed by atoms with Gasteiger partial charge in [-0.05, 0) is 32.4 Å². The minimum absolute atomic E-state index is 0. The lowest BCUT2D eigenvalue weighted by Gasteiger charge is -2.28. The summed E-state index contributed by atoms with van der Waals surface area (Å²) in [6.45, 7) is 6.20. The third-order valence-electron chi connectivity index (χ3n) is 3.20. The van der Waals surface area contributed by atoms with Crippen LogP contribution in [0.3, 0.4) is 0 Å². The Morgan fingerprint density at radius 3 is 2.30 bits per heavy atom. The van der Waals surface area contributed by atoms with E-state index in [1.807, 2.05) is 13.8 Å². The second-order valence-electron chi connectivity index (χ2n) is 5.86. The molecule has 20 heavy (non-hydrogen) atoms. The molecule has 0 aliphatic carbocycles. The van der Waals surface area contributed by atoms with E-state index in [9.17, 15) is 13.2 Å². The Balaban J connectivity index is 0.00000200. The van der Waals surface area contributed by atoms with E-state index in [-0.39, 0.29) is 29.9 Å². The number of ether oxygens (including phenoxy) is 1. The van der Waals surface area contributed by atoms with E-state index in [4.69, 9.17) is 4.74 Å². The van der Waals surface area contributed by atoms with Gasteiger partial charge in [-0.2, -0.15) is 13.2 Å². The van der Waals surface area contributed by atoms with Crippen LogP contribution in [-0.4, -0.2) is 17.9 Å². The molecule has 0 aromatic heterocycles. The lowest BCUT2D eigenvalue weighted by molar-refractivity contribution is -0.138. The van der Waals surface area contributed by atoms with E-state index in [0.717, 1.165) is 6.07 Å². The number of halogens is 4. The summed E-state index contributed by atoms with van der Waals surface area (Å²) in [5, 5.41) is 3.24. The normalized spacial score (nSPS) is 25.3. The summed E-state index contributed by atoms with van der Waals surface area (Å²) in [6.07, 6.45) is -4.15. The summed E-state index contributed by atoms with van der Waals surface area (Å²) in [7, 11) is 0. The summed E-state index contributed by atoms with van der Waals surface area (Å²) in [6, 6.07) is 5.64. The Hall–Kier alpha value is -0.780. The van der Waals surface area contributed by atoms with Crippen molar-refractivity contribution in [2.45, 2.75) is 44.6 Å². The molecule has 1 aliphatic rings. The molecule has 1 aromatic carbocycles. The van der Waals surface area contributed by atoms with E-state index in [2.05, 4.69) is 5.32 Å². The molecular weight excluding hydrogens is 291 g/mol. The number of rotatable bonds is 2. The van der Waals surface area contributed by atoms with Crippen molar-refractivity contribution in [3.63, 3.8) is 0 Å². The van der Waals surface area contributed by atoms with Gasteiger partial charge < -0.3 is 4.74 Å². The van der Waals surface area contributed by atoms with Gasteiger partial charge in [-0.15, -0.1) is 12.4 Å². The average molecular weight is 310 g/mol. The van der Waals surface area contributed by atoms with E-state index >= 15 is 0 Å². The third-order valence-corrected chi connectivity index (χ3v) is 3.20. The highest BCUT2D eigenvalue weighted by Gasteiger charge is 2.42. The highest BCUT2D eigenvalue weighted by molar-refractivity contribution is 5.85. The molecule has 1 atom stereocenters. The molecule has 0 amide bonds. The highest BCUT2D eigenvalue weighted by Crippen LogP contribution is 2.35. The predicted octanol–water partition coefficient (Wildman–Crippen LogP) is 3.78. The molecule has 1 saturated heterocycles. The standard InChI is InChI=1S/C14H18F3NO.ClH/c1-12(2)9-19-13(3,18-12)8-10-6-4-5-7-11(10)14(15,16)17;/h4-7,18H,8-9H2,1-3H3;1H. The molecule has 0 radical (unpaired) electrons. The first-order valence-corrected chi connectivity index (χ1v) is 6.20. The van der Waals surface area contributed by atoms with Crippen molar-refractivity contribution in [2.24, 2.45) is 0 Å². The van der Waals surface area contributed by atoms with Crippen LogP contribution >= 0.6 is 12.4 Å². The van der Waals surface area contributed by atoms with Crippen molar-refractivity contribution in [3.05, 3.63) is 35.4 Å². The Kier molecular flexibility index (Phi) is 4.79. The Labute approximate surface area is 123 Å². The summed E-state index contributed by atoms with van der Waals surface area (Å²) < 4.78 is 44.5. The molecule has 0 bridgehead atoms. The van der Waals surface area contributed by atoms with Crippen LogP contribution in [0, 0.1) is 0 Å². The minimum atomic E-state index is -4.33. The first kappa shape index (κ1) is 17.3. The second kappa shape index (κ2) is 5.54. The second-order valence-corrected chi connectivity index (χ2v) is 5.86. The maximum Gasteiger partial charge on any atom is 0.416 e. The van der Waals surface area contributed by atoms with Gasteiger partial charge in [-0.25, -0.2) is 0 Å². The van der Waals surface area contributed by atoms with Crippen LogP contribution < -0.4 is 5.32 Å². The van der Waals surface area contributed by atoms with Gasteiger partial charge in [0.15, 0.2) is 0 Å². The number of nitrogens with one attached hydrogen (secondary N) is 1. The topological polar surface area (TPSA) is 21.3 Å². The lowest BCUT2D eigenvalue weighted by atomic mass is 9.97. The Morgan fingerprint density at radius 1 is 1.20 bits per heavy atom. The summed E-state index contributed by atoms with van der Waals surface area (Å²) >= 11 is 0. The fraction of sp³-hybridized carbons (Fsp3) is 0.571. The molecule has 6 heteroatoms. The number of benzene rings is 1. The van der Waals surface area contributed by atoms with Gasteiger partial charge in [0.2, 0.25) is 0 Å². The zero-order valence-electron chi connectivity index (χ0n) is 11.7. The maximum atomic E-state index is 12.9. The van der Waals surface area contributed by atoms with Crippen LogP contribution in [0.1, 0.15) is 31.9 Å². The van der Waals surface area contributed by atoms with Gasteiger partial charge in [-0.3, -0.25) is 5.32 Å². The van der Waals surface area contributed by atoms with Gasteiger partial charge in [0.05, 0.1) is 12.2 Å². The van der Waals surface area contributed by atoms with Crippen LogP contribution in [-0.2, 0) is 17.3 Å². The average Bonchev–Trinajstić information content (AvgIpc) is 2.52. The smallest absolute Gasteiger partial charge is 0.359 e. The molecule has 1 aromatic rings. The van der Waals surface area contributed by atoms with E-state index in [1.165, 1.54) is 12.1 Å². The zero-order chi connectivity index (χ0) is 14.3. The summed E-state index contributed by atoms with van der Waals surface area (Å²) in [5.74, 6) is 0. The van der Waals surface area contributed by atoms with Crippen LogP contribution in [0.5, 0.6) is 0 Å². The molecular formula is C14H19ClF3NO. The first-order chi connectivity index (χ1) is 8.61. The van der Waals surface area contributed by atoms with Crippen molar-refractivity contribution in [1.82, 2.24) is 5.32 Å². The quantitative estimate of drug-likeness (QED) is 0.897. The summed E-state index contributed by atoms with van der Waals surface area (Å²) in [4.78, 5) is 0. The van der Waals surface area contributed by atoms with Crippen molar-refractivity contribution in [2.75, 3.05) is 6.61 Å². The Bertz CT molecular complexity index is 476.